The molecule has 2 amide bonds. The second-order valence-corrected chi connectivity index (χ2v) is 6.47. The molecule has 3 heterocycles. The number of nitrogens with one attached hydrogen (secondary N) is 2. The van der Waals surface area contributed by atoms with Gasteiger partial charge in [-0.15, -0.1) is 0 Å². The zero-order chi connectivity index (χ0) is 18.8. The molecule has 3 aromatic rings. The molecule has 2 aromatic heterocycles. The van der Waals surface area contributed by atoms with Crippen LogP contribution >= 0.6 is 0 Å². The van der Waals surface area contributed by atoms with E-state index in [9.17, 15) is 14.4 Å². The van der Waals surface area contributed by atoms with Crippen molar-refractivity contribution in [2.75, 3.05) is 13.1 Å². The number of likely N-dealkylation sites (tertiary alicyclic amines) is 1. The third-order valence-electron chi connectivity index (χ3n) is 4.59. The van der Waals surface area contributed by atoms with Gasteiger partial charge in [0.15, 0.2) is 11.5 Å². The Balaban J connectivity index is 1.48. The highest BCUT2D eigenvalue weighted by atomic mass is 16.3. The molecule has 138 valence electrons. The summed E-state index contributed by atoms with van der Waals surface area (Å²) in [5, 5.41) is 2.82. The predicted octanol–water partition coefficient (Wildman–Crippen LogP) is 1.55. The minimum absolute atomic E-state index is 0.178. The molecule has 1 unspecified atom stereocenters. The number of carbonyl (C=O) groups excluding carboxylic acids is 2. The SMILES string of the molecule is O=C(NC1CCCN(C(=O)c2ccco2)C1)c1nc2ccccc2[nH]c1=O. The summed E-state index contributed by atoms with van der Waals surface area (Å²) in [6.07, 6.45) is 2.92. The number of benzene rings is 1. The van der Waals surface area contributed by atoms with Gasteiger partial charge in [0.2, 0.25) is 0 Å². The van der Waals surface area contributed by atoms with Crippen LogP contribution in [0.25, 0.3) is 11.0 Å². The number of aromatic nitrogens is 2. The molecule has 0 aliphatic carbocycles. The van der Waals surface area contributed by atoms with Gasteiger partial charge in [-0.25, -0.2) is 4.98 Å². The summed E-state index contributed by atoms with van der Waals surface area (Å²) >= 11 is 0. The molecule has 1 aliphatic heterocycles. The summed E-state index contributed by atoms with van der Waals surface area (Å²) in [6, 6.07) is 10.0. The molecule has 1 fully saturated rings. The molecular weight excluding hydrogens is 348 g/mol. The average Bonchev–Trinajstić information content (AvgIpc) is 3.21. The molecule has 2 N–H and O–H groups in total. The lowest BCUT2D eigenvalue weighted by atomic mass is 10.1. The Labute approximate surface area is 154 Å². The van der Waals surface area contributed by atoms with Crippen LogP contribution in [0.5, 0.6) is 0 Å². The number of rotatable bonds is 3. The van der Waals surface area contributed by atoms with Gasteiger partial charge in [-0.05, 0) is 37.1 Å². The molecule has 0 saturated carbocycles. The Hall–Kier alpha value is -3.42. The number of amides is 2. The number of carbonyl (C=O) groups is 2. The predicted molar refractivity (Wildman–Crippen MR) is 97.5 cm³/mol. The van der Waals surface area contributed by atoms with Crippen LogP contribution in [0.3, 0.4) is 0 Å². The van der Waals surface area contributed by atoms with E-state index >= 15 is 0 Å². The molecule has 27 heavy (non-hydrogen) atoms. The minimum Gasteiger partial charge on any atom is -0.459 e. The first-order valence-electron chi connectivity index (χ1n) is 8.74. The van der Waals surface area contributed by atoms with E-state index in [-0.39, 0.29) is 23.4 Å². The van der Waals surface area contributed by atoms with Crippen LogP contribution in [0.15, 0.2) is 51.9 Å². The first kappa shape index (κ1) is 17.0. The molecule has 1 aromatic carbocycles. The lowest BCUT2D eigenvalue weighted by Crippen LogP contribution is -2.50. The van der Waals surface area contributed by atoms with Crippen molar-refractivity contribution in [3.63, 3.8) is 0 Å². The molecule has 0 bridgehead atoms. The van der Waals surface area contributed by atoms with E-state index in [4.69, 9.17) is 4.42 Å². The van der Waals surface area contributed by atoms with E-state index < -0.39 is 11.5 Å². The van der Waals surface area contributed by atoms with E-state index in [2.05, 4.69) is 15.3 Å². The number of furan rings is 1. The van der Waals surface area contributed by atoms with Crippen LogP contribution in [0.2, 0.25) is 0 Å². The van der Waals surface area contributed by atoms with Gasteiger partial charge in [0.1, 0.15) is 0 Å². The summed E-state index contributed by atoms with van der Waals surface area (Å²) in [6.45, 7) is 0.956. The Kier molecular flexibility index (Phi) is 4.45. The summed E-state index contributed by atoms with van der Waals surface area (Å²) in [5.74, 6) is -0.477. The van der Waals surface area contributed by atoms with Crippen molar-refractivity contribution in [2.45, 2.75) is 18.9 Å². The van der Waals surface area contributed by atoms with Crippen molar-refractivity contribution >= 4 is 22.8 Å². The fourth-order valence-corrected chi connectivity index (χ4v) is 3.27. The summed E-state index contributed by atoms with van der Waals surface area (Å²) in [4.78, 5) is 45.7. The first-order valence-corrected chi connectivity index (χ1v) is 8.74. The van der Waals surface area contributed by atoms with Crippen LogP contribution in [0, 0.1) is 0 Å². The molecule has 1 aliphatic rings. The average molecular weight is 366 g/mol. The van der Waals surface area contributed by atoms with Crippen molar-refractivity contribution in [1.82, 2.24) is 20.2 Å². The van der Waals surface area contributed by atoms with Gasteiger partial charge < -0.3 is 19.6 Å². The molecule has 0 spiro atoms. The monoisotopic (exact) mass is 366 g/mol. The van der Waals surface area contributed by atoms with Crippen molar-refractivity contribution in [3.8, 4) is 0 Å². The van der Waals surface area contributed by atoms with Gasteiger partial charge in [-0.3, -0.25) is 14.4 Å². The minimum atomic E-state index is -0.542. The quantitative estimate of drug-likeness (QED) is 0.731. The number of nitrogens with zero attached hydrogens (tertiary/aromatic N) is 2. The fraction of sp³-hybridized carbons (Fsp3) is 0.263. The first-order chi connectivity index (χ1) is 13.1. The third-order valence-corrected chi connectivity index (χ3v) is 4.59. The van der Waals surface area contributed by atoms with Gasteiger partial charge in [0.05, 0.1) is 17.3 Å². The maximum absolute atomic E-state index is 12.6. The van der Waals surface area contributed by atoms with Crippen molar-refractivity contribution in [1.29, 1.82) is 0 Å². The van der Waals surface area contributed by atoms with Gasteiger partial charge in [0, 0.05) is 19.1 Å². The number of fused-ring (bicyclic) bond motifs is 1. The Bertz CT molecular complexity index is 1040. The Morgan fingerprint density at radius 2 is 2.07 bits per heavy atom. The van der Waals surface area contributed by atoms with Crippen LogP contribution in [0.1, 0.15) is 33.9 Å². The number of hydrogen-bond donors (Lipinski definition) is 2. The third kappa shape index (κ3) is 3.46. The van der Waals surface area contributed by atoms with Crippen LogP contribution in [-0.2, 0) is 0 Å². The maximum atomic E-state index is 12.6. The highest BCUT2D eigenvalue weighted by Crippen LogP contribution is 2.15. The number of H-pyrrole nitrogens is 1. The topological polar surface area (TPSA) is 108 Å². The smallest absolute Gasteiger partial charge is 0.289 e. The van der Waals surface area contributed by atoms with Crippen LogP contribution in [-0.4, -0.2) is 45.8 Å². The van der Waals surface area contributed by atoms with Crippen LogP contribution in [0.4, 0.5) is 0 Å². The molecular formula is C19H18N4O4. The number of para-hydroxylation sites is 2. The number of hydrogen-bond acceptors (Lipinski definition) is 5. The lowest BCUT2D eigenvalue weighted by Gasteiger charge is -2.32. The van der Waals surface area contributed by atoms with Gasteiger partial charge >= 0.3 is 0 Å². The van der Waals surface area contributed by atoms with Crippen molar-refractivity contribution < 1.29 is 14.0 Å². The summed E-state index contributed by atoms with van der Waals surface area (Å²) in [5.41, 5.74) is 0.404. The highest BCUT2D eigenvalue weighted by Gasteiger charge is 2.27. The lowest BCUT2D eigenvalue weighted by molar-refractivity contribution is 0.0646. The summed E-state index contributed by atoms with van der Waals surface area (Å²) < 4.78 is 5.16. The standard InChI is InChI=1S/C19H18N4O4/c24-17(16-18(25)22-14-7-2-1-6-13(14)21-16)20-12-5-3-9-23(11-12)19(26)15-8-4-10-27-15/h1-2,4,6-8,10,12H,3,5,9,11H2,(H,20,24)(H,22,25). The molecule has 8 heteroatoms. The van der Waals surface area contributed by atoms with E-state index in [1.54, 1.807) is 41.3 Å². The van der Waals surface area contributed by atoms with E-state index in [0.29, 0.717) is 24.1 Å². The van der Waals surface area contributed by atoms with Crippen molar-refractivity contribution in [3.05, 3.63) is 64.5 Å². The zero-order valence-corrected chi connectivity index (χ0v) is 14.5. The van der Waals surface area contributed by atoms with E-state index in [0.717, 1.165) is 12.8 Å². The largest absolute Gasteiger partial charge is 0.459 e. The maximum Gasteiger partial charge on any atom is 0.289 e. The van der Waals surface area contributed by atoms with Gasteiger partial charge in [-0.2, -0.15) is 0 Å². The van der Waals surface area contributed by atoms with Crippen LogP contribution < -0.4 is 10.9 Å². The van der Waals surface area contributed by atoms with Gasteiger partial charge in [-0.1, -0.05) is 12.1 Å². The zero-order valence-electron chi connectivity index (χ0n) is 14.5. The molecule has 0 radical (unpaired) electrons. The van der Waals surface area contributed by atoms with E-state index in [1.165, 1.54) is 6.26 Å². The van der Waals surface area contributed by atoms with Gasteiger partial charge in [0.25, 0.3) is 17.4 Å². The fourth-order valence-electron chi connectivity index (χ4n) is 3.27. The number of piperidine rings is 1. The van der Waals surface area contributed by atoms with E-state index in [1.807, 2.05) is 0 Å². The second-order valence-electron chi connectivity index (χ2n) is 6.47. The Morgan fingerprint density at radius 1 is 1.22 bits per heavy atom. The second kappa shape index (κ2) is 7.06. The van der Waals surface area contributed by atoms with Crippen molar-refractivity contribution in [2.24, 2.45) is 0 Å². The Morgan fingerprint density at radius 3 is 2.89 bits per heavy atom. The molecule has 1 saturated heterocycles. The normalized spacial score (nSPS) is 17.0. The molecule has 4 rings (SSSR count). The molecule has 1 atom stereocenters. The summed E-state index contributed by atoms with van der Waals surface area (Å²) in [7, 11) is 0. The molecule has 8 nitrogen and oxygen atoms in total. The highest BCUT2D eigenvalue weighted by molar-refractivity contribution is 5.94. The number of aromatic amines is 1.